The Kier molecular flexibility index (Phi) is 5.82. The number of carboxylic acids is 1. The summed E-state index contributed by atoms with van der Waals surface area (Å²) in [6, 6.07) is 13.1. The van der Waals surface area contributed by atoms with Crippen molar-refractivity contribution in [2.45, 2.75) is 6.42 Å². The standard InChI is InChI=1S/C16H15ClN2O4/c17-11-5-7-12(8-6-11)23-10-9-15(20)19-18-14-4-2-1-3-13(14)16(21)22/h1-8,18H,9-10H2,(H,19,20)(H,21,22). The number of carboxylic acid groups (broad SMARTS) is 1. The van der Waals surface area contributed by atoms with E-state index in [2.05, 4.69) is 10.9 Å². The van der Waals surface area contributed by atoms with Gasteiger partial charge < -0.3 is 9.84 Å². The summed E-state index contributed by atoms with van der Waals surface area (Å²) in [7, 11) is 0. The molecule has 2 aromatic rings. The van der Waals surface area contributed by atoms with Gasteiger partial charge in [-0.2, -0.15) is 0 Å². The maximum absolute atomic E-state index is 11.7. The molecule has 2 aromatic carbocycles. The average Bonchev–Trinajstić information content (AvgIpc) is 2.55. The van der Waals surface area contributed by atoms with E-state index >= 15 is 0 Å². The number of carbonyl (C=O) groups is 2. The molecule has 0 aromatic heterocycles. The maximum Gasteiger partial charge on any atom is 0.337 e. The average molecular weight is 335 g/mol. The molecule has 0 spiro atoms. The number of nitrogens with one attached hydrogen (secondary N) is 2. The maximum atomic E-state index is 11.7. The first kappa shape index (κ1) is 16.6. The van der Waals surface area contributed by atoms with Crippen molar-refractivity contribution in [3.05, 3.63) is 59.1 Å². The number of carbonyl (C=O) groups excluding carboxylic acids is 1. The van der Waals surface area contributed by atoms with Crippen LogP contribution < -0.4 is 15.6 Å². The van der Waals surface area contributed by atoms with Crippen LogP contribution in [0.4, 0.5) is 5.69 Å². The van der Waals surface area contributed by atoms with Crippen molar-refractivity contribution in [2.24, 2.45) is 0 Å². The van der Waals surface area contributed by atoms with E-state index in [4.69, 9.17) is 21.4 Å². The molecule has 6 nitrogen and oxygen atoms in total. The molecule has 1 amide bonds. The summed E-state index contributed by atoms with van der Waals surface area (Å²) in [6.45, 7) is 0.190. The number of amides is 1. The lowest BCUT2D eigenvalue weighted by atomic mass is 10.2. The van der Waals surface area contributed by atoms with Gasteiger partial charge in [-0.1, -0.05) is 23.7 Å². The highest BCUT2D eigenvalue weighted by Gasteiger charge is 2.09. The summed E-state index contributed by atoms with van der Waals surface area (Å²) in [6.07, 6.45) is 0.116. The van der Waals surface area contributed by atoms with Crippen molar-refractivity contribution in [1.82, 2.24) is 5.43 Å². The van der Waals surface area contributed by atoms with Gasteiger partial charge >= 0.3 is 5.97 Å². The number of hydrazine groups is 1. The van der Waals surface area contributed by atoms with Crippen molar-refractivity contribution in [1.29, 1.82) is 0 Å². The van der Waals surface area contributed by atoms with Crippen molar-refractivity contribution >= 4 is 29.2 Å². The van der Waals surface area contributed by atoms with E-state index < -0.39 is 5.97 Å². The second-order valence-corrected chi connectivity index (χ2v) is 5.01. The molecule has 2 rings (SSSR count). The molecule has 0 fully saturated rings. The minimum atomic E-state index is -1.08. The van der Waals surface area contributed by atoms with Crippen LogP contribution in [0.5, 0.6) is 5.75 Å². The Hall–Kier alpha value is -2.73. The van der Waals surface area contributed by atoms with E-state index in [0.717, 1.165) is 0 Å². The van der Waals surface area contributed by atoms with Crippen LogP contribution in [0.3, 0.4) is 0 Å². The van der Waals surface area contributed by atoms with Crippen molar-refractivity contribution in [3.63, 3.8) is 0 Å². The largest absolute Gasteiger partial charge is 0.493 e. The molecule has 120 valence electrons. The van der Waals surface area contributed by atoms with Gasteiger partial charge in [0.15, 0.2) is 0 Å². The van der Waals surface area contributed by atoms with Crippen LogP contribution >= 0.6 is 11.6 Å². The van der Waals surface area contributed by atoms with Crippen LogP contribution in [0, 0.1) is 0 Å². The van der Waals surface area contributed by atoms with Gasteiger partial charge in [0.1, 0.15) is 5.75 Å². The summed E-state index contributed by atoms with van der Waals surface area (Å²) in [4.78, 5) is 22.8. The van der Waals surface area contributed by atoms with Gasteiger partial charge in [0, 0.05) is 5.02 Å². The predicted octanol–water partition coefficient (Wildman–Crippen LogP) is 2.95. The molecule has 0 heterocycles. The normalized spacial score (nSPS) is 9.96. The van der Waals surface area contributed by atoms with Gasteiger partial charge in [-0.25, -0.2) is 4.79 Å². The fraction of sp³-hybridized carbons (Fsp3) is 0.125. The van der Waals surface area contributed by atoms with E-state index in [9.17, 15) is 9.59 Å². The van der Waals surface area contributed by atoms with Crippen LogP contribution in [-0.2, 0) is 4.79 Å². The number of hydrogen-bond acceptors (Lipinski definition) is 4. The fourth-order valence-corrected chi connectivity index (χ4v) is 1.90. The lowest BCUT2D eigenvalue weighted by Gasteiger charge is -2.11. The van der Waals surface area contributed by atoms with Crippen LogP contribution in [-0.4, -0.2) is 23.6 Å². The summed E-state index contributed by atoms with van der Waals surface area (Å²) in [5, 5.41) is 9.64. The van der Waals surface area contributed by atoms with Gasteiger partial charge in [0.2, 0.25) is 5.91 Å². The molecule has 3 N–H and O–H groups in total. The first-order valence-corrected chi connectivity index (χ1v) is 7.19. The third kappa shape index (κ3) is 5.19. The summed E-state index contributed by atoms with van der Waals surface area (Å²) >= 11 is 5.76. The highest BCUT2D eigenvalue weighted by atomic mass is 35.5. The predicted molar refractivity (Wildman–Crippen MR) is 86.7 cm³/mol. The minimum Gasteiger partial charge on any atom is -0.493 e. The number of ether oxygens (including phenoxy) is 1. The summed E-state index contributed by atoms with van der Waals surface area (Å²) < 4.78 is 5.40. The minimum absolute atomic E-state index is 0.0743. The fourth-order valence-electron chi connectivity index (χ4n) is 1.77. The first-order chi connectivity index (χ1) is 11.1. The molecular weight excluding hydrogens is 320 g/mol. The molecule has 0 aliphatic heterocycles. The lowest BCUT2D eigenvalue weighted by Crippen LogP contribution is -2.31. The number of hydrogen-bond donors (Lipinski definition) is 3. The topological polar surface area (TPSA) is 87.7 Å². The smallest absolute Gasteiger partial charge is 0.337 e. The number of halogens is 1. The molecule has 0 radical (unpaired) electrons. The molecule has 7 heteroatoms. The van der Waals surface area contributed by atoms with Crippen molar-refractivity contribution < 1.29 is 19.4 Å². The summed E-state index contributed by atoms with van der Waals surface area (Å²) in [5.41, 5.74) is 5.42. The van der Waals surface area contributed by atoms with E-state index in [1.807, 2.05) is 0 Å². The Bertz CT molecular complexity index is 689. The molecule has 0 saturated carbocycles. The van der Waals surface area contributed by atoms with Crippen LogP contribution in [0.2, 0.25) is 5.02 Å². The number of rotatable bonds is 7. The van der Waals surface area contributed by atoms with Crippen LogP contribution in [0.1, 0.15) is 16.8 Å². The van der Waals surface area contributed by atoms with Gasteiger partial charge in [-0.05, 0) is 36.4 Å². The third-order valence-electron chi connectivity index (χ3n) is 2.91. The number of para-hydroxylation sites is 1. The molecule has 0 atom stereocenters. The van der Waals surface area contributed by atoms with E-state index in [1.165, 1.54) is 6.07 Å². The van der Waals surface area contributed by atoms with Crippen molar-refractivity contribution in [3.8, 4) is 5.75 Å². The third-order valence-corrected chi connectivity index (χ3v) is 3.16. The Labute approximate surface area is 138 Å². The molecular formula is C16H15ClN2O4. The van der Waals surface area contributed by atoms with Crippen LogP contribution in [0.15, 0.2) is 48.5 Å². The van der Waals surface area contributed by atoms with Gasteiger partial charge in [0.25, 0.3) is 0 Å². The number of benzene rings is 2. The van der Waals surface area contributed by atoms with Crippen LogP contribution in [0.25, 0.3) is 0 Å². The number of aromatic carboxylic acids is 1. The molecule has 0 bridgehead atoms. The molecule has 0 unspecified atom stereocenters. The van der Waals surface area contributed by atoms with E-state index in [0.29, 0.717) is 16.5 Å². The number of anilines is 1. The quantitative estimate of drug-likeness (QED) is 0.678. The van der Waals surface area contributed by atoms with E-state index in [1.54, 1.807) is 42.5 Å². The Morgan fingerprint density at radius 3 is 2.48 bits per heavy atom. The summed E-state index contributed by atoms with van der Waals surface area (Å²) in [5.74, 6) is -0.779. The zero-order valence-corrected chi connectivity index (χ0v) is 12.8. The first-order valence-electron chi connectivity index (χ1n) is 6.82. The highest BCUT2D eigenvalue weighted by molar-refractivity contribution is 6.30. The Morgan fingerprint density at radius 1 is 1.09 bits per heavy atom. The zero-order chi connectivity index (χ0) is 16.7. The SMILES string of the molecule is O=C(CCOc1ccc(Cl)cc1)NNc1ccccc1C(=O)O. The van der Waals surface area contributed by atoms with Crippen molar-refractivity contribution in [2.75, 3.05) is 12.0 Å². The Balaban J connectivity index is 1.77. The molecule has 0 aliphatic rings. The van der Waals surface area contributed by atoms with Gasteiger partial charge in [0.05, 0.1) is 24.3 Å². The lowest BCUT2D eigenvalue weighted by molar-refractivity contribution is -0.121. The molecule has 0 aliphatic carbocycles. The van der Waals surface area contributed by atoms with E-state index in [-0.39, 0.29) is 24.5 Å². The monoisotopic (exact) mass is 334 g/mol. The van der Waals surface area contributed by atoms with Gasteiger partial charge in [-0.3, -0.25) is 15.6 Å². The molecule has 0 saturated heterocycles. The zero-order valence-electron chi connectivity index (χ0n) is 12.1. The second kappa shape index (κ2) is 8.05. The Morgan fingerprint density at radius 2 is 1.78 bits per heavy atom. The molecule has 23 heavy (non-hydrogen) atoms. The van der Waals surface area contributed by atoms with Gasteiger partial charge in [-0.15, -0.1) is 0 Å². The second-order valence-electron chi connectivity index (χ2n) is 4.58. The highest BCUT2D eigenvalue weighted by Crippen LogP contribution is 2.16.